The largest absolute Gasteiger partial charge is 0.522 e. The van der Waals surface area contributed by atoms with E-state index in [0.29, 0.717) is 0 Å². The number of hydrogen-bond acceptors (Lipinski definition) is 7. The Morgan fingerprint density at radius 1 is 1.03 bits per heavy atom. The van der Waals surface area contributed by atoms with Crippen LogP contribution in [0.15, 0.2) is 18.2 Å². The summed E-state index contributed by atoms with van der Waals surface area (Å²) in [6.45, 7) is 3.14. The third kappa shape index (κ3) is 10.4. The van der Waals surface area contributed by atoms with Crippen LogP contribution in [0.5, 0.6) is 0 Å². The van der Waals surface area contributed by atoms with Crippen molar-refractivity contribution in [2.45, 2.75) is 57.7 Å². The zero-order valence-electron chi connectivity index (χ0n) is 20.6. The predicted molar refractivity (Wildman–Crippen MR) is 128 cm³/mol. The molecule has 0 saturated carbocycles. The summed E-state index contributed by atoms with van der Waals surface area (Å²) >= 11 is 11.9. The number of carbonyl (C=O) groups is 4. The maximum atomic E-state index is 12.9. The summed E-state index contributed by atoms with van der Waals surface area (Å²) < 4.78 is 49.2. The lowest BCUT2D eigenvalue weighted by atomic mass is 9.97. The van der Waals surface area contributed by atoms with Crippen molar-refractivity contribution in [3.05, 3.63) is 33.8 Å². The van der Waals surface area contributed by atoms with Crippen molar-refractivity contribution in [1.29, 1.82) is 0 Å². The van der Waals surface area contributed by atoms with Crippen LogP contribution >= 0.6 is 23.2 Å². The Hall–Kier alpha value is -2.97. The Morgan fingerprint density at radius 2 is 1.71 bits per heavy atom. The van der Waals surface area contributed by atoms with Gasteiger partial charge in [-0.15, -0.1) is 13.2 Å². The van der Waals surface area contributed by atoms with Gasteiger partial charge in [0, 0.05) is 18.2 Å². The minimum Gasteiger partial charge on any atom is -0.446 e. The number of piperidine rings is 1. The van der Waals surface area contributed by atoms with Gasteiger partial charge in [-0.25, -0.2) is 15.0 Å². The molecule has 4 amide bonds. The van der Waals surface area contributed by atoms with Crippen molar-refractivity contribution < 1.29 is 46.6 Å². The van der Waals surface area contributed by atoms with Gasteiger partial charge in [-0.2, -0.15) is 0 Å². The number of halogens is 5. The summed E-state index contributed by atoms with van der Waals surface area (Å²) in [5.41, 5.74) is 3.30. The number of hydrogen-bond donors (Lipinski definition) is 3. The maximum Gasteiger partial charge on any atom is 0.522 e. The molecule has 0 unspecified atom stereocenters. The molecule has 212 valence electrons. The number of carbonyl (C=O) groups excluding carboxylic acids is 4. The molecule has 1 heterocycles. The van der Waals surface area contributed by atoms with Gasteiger partial charge in [-0.1, -0.05) is 23.2 Å². The highest BCUT2D eigenvalue weighted by atomic mass is 35.5. The minimum atomic E-state index is -4.88. The molecule has 0 bridgehead atoms. The van der Waals surface area contributed by atoms with E-state index in [0.717, 1.165) is 4.90 Å². The second-order valence-electron chi connectivity index (χ2n) is 9.07. The first kappa shape index (κ1) is 31.2. The van der Waals surface area contributed by atoms with Crippen molar-refractivity contribution in [3.8, 4) is 0 Å². The average molecular weight is 587 g/mol. The number of alkyl halides is 3. The van der Waals surface area contributed by atoms with E-state index in [1.165, 1.54) is 18.2 Å². The molecule has 2 rings (SSSR count). The zero-order valence-corrected chi connectivity index (χ0v) is 22.1. The third-order valence-electron chi connectivity index (χ3n) is 4.90. The molecular weight excluding hydrogens is 560 g/mol. The highest BCUT2D eigenvalue weighted by molar-refractivity contribution is 6.42. The molecule has 2 atom stereocenters. The fraction of sp³-hybridized carbons (Fsp3) is 0.545. The van der Waals surface area contributed by atoms with Crippen molar-refractivity contribution in [2.24, 2.45) is 0 Å². The first-order valence-corrected chi connectivity index (χ1v) is 12.0. The Kier molecular flexibility index (Phi) is 10.9. The molecule has 11 nitrogen and oxygen atoms in total. The Bertz CT molecular complexity index is 1040. The number of amides is 4. The lowest BCUT2D eigenvalue weighted by Crippen LogP contribution is -2.60. The van der Waals surface area contributed by atoms with E-state index in [4.69, 9.17) is 27.9 Å². The molecule has 0 spiro atoms. The van der Waals surface area contributed by atoms with Crippen LogP contribution in [-0.2, 0) is 19.0 Å². The SMILES string of the molecule is CC(C)(C)OC(=O)N1C[C@H](NC(=O)c2ccc(Cl)c(Cl)c2)CC[C@H]1C(=O)NNC(=O)OCCOC(F)(F)F. The van der Waals surface area contributed by atoms with Crippen LogP contribution in [0.25, 0.3) is 0 Å². The average Bonchev–Trinajstić information content (AvgIpc) is 2.80. The summed E-state index contributed by atoms with van der Waals surface area (Å²) in [6, 6.07) is 2.68. The molecule has 1 fully saturated rings. The van der Waals surface area contributed by atoms with Gasteiger partial charge in [0.2, 0.25) is 0 Å². The van der Waals surface area contributed by atoms with E-state index in [-0.39, 0.29) is 35.0 Å². The van der Waals surface area contributed by atoms with Crippen molar-refractivity contribution >= 4 is 47.2 Å². The highest BCUT2D eigenvalue weighted by Crippen LogP contribution is 2.24. The Labute approximate surface area is 226 Å². The van der Waals surface area contributed by atoms with Crippen LogP contribution in [0, 0.1) is 0 Å². The van der Waals surface area contributed by atoms with E-state index in [1.807, 2.05) is 5.43 Å². The van der Waals surface area contributed by atoms with Crippen LogP contribution in [0.3, 0.4) is 0 Å². The van der Waals surface area contributed by atoms with Gasteiger partial charge in [0.15, 0.2) is 0 Å². The second kappa shape index (κ2) is 13.2. The number of nitrogens with zero attached hydrogens (tertiary/aromatic N) is 1. The van der Waals surface area contributed by atoms with Gasteiger partial charge in [0.05, 0.1) is 16.7 Å². The topological polar surface area (TPSA) is 135 Å². The first-order valence-electron chi connectivity index (χ1n) is 11.2. The zero-order chi connectivity index (χ0) is 28.7. The van der Waals surface area contributed by atoms with E-state index in [9.17, 15) is 32.3 Å². The van der Waals surface area contributed by atoms with Gasteiger partial charge < -0.3 is 14.8 Å². The number of rotatable bonds is 6. The van der Waals surface area contributed by atoms with Crippen LogP contribution in [0.1, 0.15) is 44.0 Å². The lowest BCUT2D eigenvalue weighted by molar-refractivity contribution is -0.326. The monoisotopic (exact) mass is 586 g/mol. The maximum absolute atomic E-state index is 12.9. The van der Waals surface area contributed by atoms with Gasteiger partial charge in [-0.05, 0) is 51.8 Å². The number of hydrazine groups is 1. The molecule has 0 radical (unpaired) electrons. The molecule has 1 aliphatic rings. The molecular formula is C22H27Cl2F3N4O7. The Morgan fingerprint density at radius 3 is 2.32 bits per heavy atom. The van der Waals surface area contributed by atoms with E-state index >= 15 is 0 Å². The summed E-state index contributed by atoms with van der Waals surface area (Å²) in [4.78, 5) is 51.1. The highest BCUT2D eigenvalue weighted by Gasteiger charge is 2.39. The van der Waals surface area contributed by atoms with Gasteiger partial charge in [0.1, 0.15) is 18.2 Å². The summed E-state index contributed by atoms with van der Waals surface area (Å²) in [5.74, 6) is -1.28. The molecule has 1 aliphatic heterocycles. The Balaban J connectivity index is 2.00. The number of benzene rings is 1. The van der Waals surface area contributed by atoms with Crippen molar-refractivity contribution in [3.63, 3.8) is 0 Å². The standard InChI is InChI=1S/C22H27Cl2F3N4O7/c1-21(2,3)38-20(35)31-11-13(28-17(32)12-4-6-14(23)15(24)10-12)5-7-16(31)18(33)29-30-19(34)36-8-9-37-22(25,26)27/h4,6,10,13,16H,5,7-9,11H2,1-3H3,(H,28,32)(H,29,33)(H,30,34)/t13-,16+/m1/s1. The van der Waals surface area contributed by atoms with Crippen LogP contribution in [0.4, 0.5) is 22.8 Å². The molecule has 1 aromatic rings. The predicted octanol–water partition coefficient (Wildman–Crippen LogP) is 3.79. The van der Waals surface area contributed by atoms with E-state index in [1.54, 1.807) is 20.8 Å². The fourth-order valence-electron chi connectivity index (χ4n) is 3.31. The first-order chi connectivity index (χ1) is 17.6. The quantitative estimate of drug-likeness (QED) is 0.341. The third-order valence-corrected chi connectivity index (χ3v) is 5.64. The van der Waals surface area contributed by atoms with E-state index < -0.39 is 61.3 Å². The number of ether oxygens (including phenoxy) is 3. The van der Waals surface area contributed by atoms with Crippen molar-refractivity contribution in [1.82, 2.24) is 21.1 Å². The molecule has 0 aliphatic carbocycles. The van der Waals surface area contributed by atoms with Crippen LogP contribution < -0.4 is 16.2 Å². The lowest BCUT2D eigenvalue weighted by Gasteiger charge is -2.39. The molecule has 3 N–H and O–H groups in total. The normalized spacial score (nSPS) is 17.8. The molecule has 16 heteroatoms. The molecule has 0 aromatic heterocycles. The van der Waals surface area contributed by atoms with Gasteiger partial charge in [0.25, 0.3) is 11.8 Å². The molecule has 1 saturated heterocycles. The van der Waals surface area contributed by atoms with Crippen LogP contribution in [0.2, 0.25) is 10.0 Å². The summed E-state index contributed by atoms with van der Waals surface area (Å²) in [6.07, 6.45) is -6.59. The van der Waals surface area contributed by atoms with Crippen molar-refractivity contribution in [2.75, 3.05) is 19.8 Å². The van der Waals surface area contributed by atoms with Gasteiger partial charge in [-0.3, -0.25) is 24.7 Å². The minimum absolute atomic E-state index is 0.0769. The number of nitrogens with one attached hydrogen (secondary N) is 3. The second-order valence-corrected chi connectivity index (χ2v) is 9.88. The van der Waals surface area contributed by atoms with E-state index in [2.05, 4.69) is 20.2 Å². The summed E-state index contributed by atoms with van der Waals surface area (Å²) in [7, 11) is 0. The smallest absolute Gasteiger partial charge is 0.446 e. The number of likely N-dealkylation sites (tertiary alicyclic amines) is 1. The fourth-order valence-corrected chi connectivity index (χ4v) is 3.61. The molecule has 1 aromatic carbocycles. The van der Waals surface area contributed by atoms with Crippen LogP contribution in [-0.4, -0.2) is 72.7 Å². The molecule has 38 heavy (non-hydrogen) atoms. The summed E-state index contributed by atoms with van der Waals surface area (Å²) in [5, 5.41) is 3.24. The van der Waals surface area contributed by atoms with Gasteiger partial charge >= 0.3 is 18.5 Å².